The average Bonchev–Trinajstić information content (AvgIpc) is 3.56. The summed E-state index contributed by atoms with van der Waals surface area (Å²) in [4.78, 5) is 40.7. The lowest BCUT2D eigenvalue weighted by Crippen LogP contribution is -2.47. The normalized spacial score (nSPS) is 20.0. The van der Waals surface area contributed by atoms with Crippen LogP contribution in [0.15, 0.2) is 149 Å². The van der Waals surface area contributed by atoms with Gasteiger partial charge in [0.25, 0.3) is 11.5 Å². The van der Waals surface area contributed by atoms with Gasteiger partial charge in [-0.05, 0) is 65.3 Å². The molecule has 1 fully saturated rings. The predicted molar refractivity (Wildman–Crippen MR) is 190 cm³/mol. The second-order valence-corrected chi connectivity index (χ2v) is 13.5. The van der Waals surface area contributed by atoms with Gasteiger partial charge in [0.15, 0.2) is 5.79 Å². The maximum atomic E-state index is 17.1. The average molecular weight is 771 g/mol. The number of benzene rings is 4. The molecule has 0 bridgehead atoms. The van der Waals surface area contributed by atoms with E-state index >= 15 is 4.39 Å². The highest BCUT2D eigenvalue weighted by molar-refractivity contribution is 14.1. The van der Waals surface area contributed by atoms with Crippen LogP contribution in [0.25, 0.3) is 0 Å². The van der Waals surface area contributed by atoms with Crippen molar-refractivity contribution in [1.29, 1.82) is 0 Å². The first-order chi connectivity index (χ1) is 23.6. The second kappa shape index (κ2) is 13.1. The molecule has 0 radical (unpaired) electrons. The Balaban J connectivity index is 1.36. The zero-order valence-electron chi connectivity index (χ0n) is 26.7. The van der Waals surface area contributed by atoms with E-state index in [0.29, 0.717) is 4.57 Å². The van der Waals surface area contributed by atoms with Crippen LogP contribution in [0.2, 0.25) is 0 Å². The Morgan fingerprint density at radius 3 is 1.82 bits per heavy atom. The summed E-state index contributed by atoms with van der Waals surface area (Å²) in [5.41, 5.74) is -0.114. The number of carbonyl (C=O) groups is 1. The number of carbonyl (C=O) groups excluding carboxylic acids is 1. The molecule has 3 atom stereocenters. The summed E-state index contributed by atoms with van der Waals surface area (Å²) < 4.78 is 38.2. The predicted octanol–water partition coefficient (Wildman–Crippen LogP) is 6.61. The van der Waals surface area contributed by atoms with Crippen molar-refractivity contribution in [3.63, 3.8) is 0 Å². The van der Waals surface area contributed by atoms with Gasteiger partial charge >= 0.3 is 5.69 Å². The third-order valence-corrected chi connectivity index (χ3v) is 9.67. The molecule has 0 saturated carbocycles. The van der Waals surface area contributed by atoms with Crippen LogP contribution in [0.3, 0.4) is 0 Å². The molecule has 10 heteroatoms. The molecule has 7 rings (SSSR count). The number of rotatable bonds is 8. The largest absolute Gasteiger partial charge is 0.356 e. The van der Waals surface area contributed by atoms with Crippen LogP contribution in [0.5, 0.6) is 0 Å². The van der Waals surface area contributed by atoms with E-state index in [-0.39, 0.29) is 21.3 Å². The Morgan fingerprint density at radius 2 is 1.31 bits per heavy atom. The number of hydrogen-bond acceptors (Lipinski definition) is 6. The summed E-state index contributed by atoms with van der Waals surface area (Å²) in [6.45, 7) is 3.21. The fraction of sp³-hybridized carbons (Fsp3) is 0.205. The van der Waals surface area contributed by atoms with Crippen molar-refractivity contribution in [2.75, 3.05) is 6.61 Å². The standard InChI is InChI=1S/C39H32FIN2O6/c1-38(2)48-33-29(24-47-39(26-17-9-4-10-18-26,27-19-11-5-12-20-27)28-21-13-6-14-22-28)31(40)32(34(33)49-38)42-23-30(41)36(45)43(37(42)46)35(44)25-15-7-3-8-16-25/h3-23,32-34H,24H2,1-2H3/t32-,33-,34?/m1/s1. The summed E-state index contributed by atoms with van der Waals surface area (Å²) in [6, 6.07) is 35.8. The Bertz CT molecular complexity index is 2050. The number of halogens is 2. The topological polar surface area (TPSA) is 88.8 Å². The number of nitrogens with zero attached hydrogens (tertiary/aromatic N) is 2. The Hall–Kier alpha value is -4.49. The fourth-order valence-corrected chi connectivity index (χ4v) is 7.32. The molecule has 2 aliphatic rings. The minimum Gasteiger partial charge on any atom is -0.356 e. The molecule has 5 aromatic rings. The summed E-state index contributed by atoms with van der Waals surface area (Å²) in [6.07, 6.45) is -0.642. The highest BCUT2D eigenvalue weighted by Gasteiger charge is 2.56. The van der Waals surface area contributed by atoms with Crippen LogP contribution in [0.4, 0.5) is 4.39 Å². The number of aromatic nitrogens is 2. The number of ether oxygens (including phenoxy) is 3. The molecular formula is C39H32FIN2O6. The van der Waals surface area contributed by atoms with E-state index in [4.69, 9.17) is 14.2 Å². The Labute approximate surface area is 295 Å². The van der Waals surface area contributed by atoms with Crippen molar-refractivity contribution in [1.82, 2.24) is 9.13 Å². The van der Waals surface area contributed by atoms with E-state index in [0.717, 1.165) is 21.3 Å². The maximum absolute atomic E-state index is 17.1. The van der Waals surface area contributed by atoms with Gasteiger partial charge < -0.3 is 14.2 Å². The van der Waals surface area contributed by atoms with Crippen molar-refractivity contribution in [2.24, 2.45) is 0 Å². The molecular weight excluding hydrogens is 738 g/mol. The Morgan fingerprint density at radius 1 is 0.816 bits per heavy atom. The van der Waals surface area contributed by atoms with Crippen LogP contribution >= 0.6 is 22.6 Å². The van der Waals surface area contributed by atoms with E-state index < -0.39 is 52.6 Å². The van der Waals surface area contributed by atoms with E-state index in [1.54, 1.807) is 54.6 Å². The third-order valence-electron chi connectivity index (χ3n) is 8.93. The summed E-state index contributed by atoms with van der Waals surface area (Å²) in [5.74, 6) is -2.63. The maximum Gasteiger partial charge on any atom is 0.339 e. The van der Waals surface area contributed by atoms with Crippen molar-refractivity contribution >= 4 is 28.5 Å². The van der Waals surface area contributed by atoms with Gasteiger partial charge in [0.2, 0.25) is 0 Å². The first kappa shape index (κ1) is 33.0. The van der Waals surface area contributed by atoms with Gasteiger partial charge in [-0.15, -0.1) is 0 Å². The number of fused-ring (bicyclic) bond motifs is 1. The van der Waals surface area contributed by atoms with Crippen molar-refractivity contribution in [3.8, 4) is 0 Å². The van der Waals surface area contributed by atoms with Gasteiger partial charge in [-0.25, -0.2) is 9.18 Å². The molecule has 1 aliphatic heterocycles. The lowest BCUT2D eigenvalue weighted by molar-refractivity contribution is -0.150. The van der Waals surface area contributed by atoms with Gasteiger partial charge in [-0.1, -0.05) is 109 Å². The lowest BCUT2D eigenvalue weighted by atomic mass is 9.80. The SMILES string of the molecule is CC1(C)OC2[C@H](O1)C(COC(c1ccccc1)(c1ccccc1)c1ccccc1)=C(F)[C@H]2n1cc(I)c(=O)n(C(=O)c2ccccc2)c1=O. The zero-order chi connectivity index (χ0) is 34.3. The van der Waals surface area contributed by atoms with E-state index in [2.05, 4.69) is 0 Å². The molecule has 1 aliphatic carbocycles. The third kappa shape index (κ3) is 5.82. The zero-order valence-corrected chi connectivity index (χ0v) is 28.8. The molecule has 4 aromatic carbocycles. The highest BCUT2D eigenvalue weighted by Crippen LogP contribution is 2.49. The summed E-state index contributed by atoms with van der Waals surface area (Å²) in [5, 5.41) is 0. The smallest absolute Gasteiger partial charge is 0.339 e. The molecule has 1 saturated heterocycles. The molecule has 2 heterocycles. The van der Waals surface area contributed by atoms with E-state index in [1.165, 1.54) is 18.3 Å². The number of hydrogen-bond donors (Lipinski definition) is 0. The lowest BCUT2D eigenvalue weighted by Gasteiger charge is -2.36. The van der Waals surface area contributed by atoms with Crippen LogP contribution in [0.1, 0.15) is 46.9 Å². The van der Waals surface area contributed by atoms with E-state index in [9.17, 15) is 14.4 Å². The van der Waals surface area contributed by atoms with Gasteiger partial charge in [-0.2, -0.15) is 4.57 Å². The quantitative estimate of drug-likeness (QED) is 0.131. The van der Waals surface area contributed by atoms with Crippen LogP contribution in [0, 0.1) is 3.57 Å². The summed E-state index contributed by atoms with van der Waals surface area (Å²) >= 11 is 1.76. The molecule has 0 N–H and O–H groups in total. The molecule has 49 heavy (non-hydrogen) atoms. The van der Waals surface area contributed by atoms with Gasteiger partial charge in [0.1, 0.15) is 29.7 Å². The van der Waals surface area contributed by atoms with Crippen LogP contribution in [-0.2, 0) is 19.8 Å². The first-order valence-electron chi connectivity index (χ1n) is 15.8. The van der Waals surface area contributed by atoms with E-state index in [1.807, 2.05) is 91.0 Å². The van der Waals surface area contributed by atoms with Crippen LogP contribution in [-0.4, -0.2) is 39.6 Å². The van der Waals surface area contributed by atoms with Crippen molar-refractivity contribution in [2.45, 2.75) is 43.5 Å². The minimum atomic E-state index is -1.33. The van der Waals surface area contributed by atoms with Crippen LogP contribution < -0.4 is 11.2 Å². The van der Waals surface area contributed by atoms with Gasteiger partial charge in [0.05, 0.1) is 10.2 Å². The molecule has 1 unspecified atom stereocenters. The van der Waals surface area contributed by atoms with Gasteiger partial charge in [0, 0.05) is 17.3 Å². The second-order valence-electron chi connectivity index (χ2n) is 12.4. The summed E-state index contributed by atoms with van der Waals surface area (Å²) in [7, 11) is 0. The fourth-order valence-electron chi connectivity index (χ4n) is 6.78. The molecule has 248 valence electrons. The molecule has 1 aromatic heterocycles. The Kier molecular flexibility index (Phi) is 8.82. The molecule has 8 nitrogen and oxygen atoms in total. The van der Waals surface area contributed by atoms with Crippen molar-refractivity contribution in [3.05, 3.63) is 186 Å². The molecule has 0 spiro atoms. The van der Waals surface area contributed by atoms with Gasteiger partial charge in [-0.3, -0.25) is 14.2 Å². The highest BCUT2D eigenvalue weighted by atomic mass is 127. The first-order valence-corrected chi connectivity index (χ1v) is 16.9. The van der Waals surface area contributed by atoms with Crippen molar-refractivity contribution < 1.29 is 23.4 Å². The minimum absolute atomic E-state index is 0.0601. The molecule has 0 amide bonds. The monoisotopic (exact) mass is 770 g/mol.